The Morgan fingerprint density at radius 3 is 2.54 bits per heavy atom. The van der Waals surface area contributed by atoms with E-state index in [9.17, 15) is 8.42 Å². The third-order valence-corrected chi connectivity index (χ3v) is 5.73. The lowest BCUT2D eigenvalue weighted by atomic mass is 10.1. The number of nitrogens with zero attached hydrogens (tertiary/aromatic N) is 2. The number of sulfone groups is 1. The molecule has 1 atom stereocenters. The SMILES string of the molecule is CCNC(=NCCN1CCS(=O)(=O)CC1)NC(C)c1ccccc1. The fourth-order valence-corrected chi connectivity index (χ4v) is 3.90. The lowest BCUT2D eigenvalue weighted by Gasteiger charge is -2.26. The lowest BCUT2D eigenvalue weighted by molar-refractivity contribution is 0.304. The highest BCUT2D eigenvalue weighted by molar-refractivity contribution is 7.91. The minimum atomic E-state index is -2.81. The van der Waals surface area contributed by atoms with Crippen LogP contribution in [0, 0.1) is 0 Å². The van der Waals surface area contributed by atoms with Crippen molar-refractivity contribution in [3.05, 3.63) is 35.9 Å². The summed E-state index contributed by atoms with van der Waals surface area (Å²) in [5.41, 5.74) is 1.21. The molecule has 0 radical (unpaired) electrons. The maximum atomic E-state index is 11.4. The van der Waals surface area contributed by atoms with E-state index in [0.29, 0.717) is 19.6 Å². The Hall–Kier alpha value is -1.60. The third kappa shape index (κ3) is 6.13. The highest BCUT2D eigenvalue weighted by Gasteiger charge is 2.20. The normalized spacial score (nSPS) is 19.7. The molecule has 1 heterocycles. The summed E-state index contributed by atoms with van der Waals surface area (Å²) in [5.74, 6) is 1.32. The summed E-state index contributed by atoms with van der Waals surface area (Å²) >= 11 is 0. The zero-order valence-corrected chi connectivity index (χ0v) is 15.3. The standard InChI is InChI=1S/C17H28N4O2S/c1-3-18-17(20-15(2)16-7-5-4-6-8-16)19-9-10-21-11-13-24(22,23)14-12-21/h4-8,15H,3,9-14H2,1-2H3,(H2,18,19,20). The summed E-state index contributed by atoms with van der Waals surface area (Å²) in [4.78, 5) is 6.77. The summed E-state index contributed by atoms with van der Waals surface area (Å²) in [6, 6.07) is 10.4. The van der Waals surface area contributed by atoms with Gasteiger partial charge in [0, 0.05) is 26.2 Å². The second kappa shape index (κ2) is 9.03. The van der Waals surface area contributed by atoms with E-state index in [4.69, 9.17) is 0 Å². The molecule has 0 bridgehead atoms. The molecule has 0 spiro atoms. The molecule has 24 heavy (non-hydrogen) atoms. The number of hydrogen-bond acceptors (Lipinski definition) is 4. The number of rotatable bonds is 6. The molecular formula is C17H28N4O2S. The van der Waals surface area contributed by atoms with Gasteiger partial charge in [0.15, 0.2) is 15.8 Å². The Kier molecular flexibility index (Phi) is 7.05. The molecule has 2 rings (SSSR count). The molecule has 1 aliphatic rings. The predicted octanol–water partition coefficient (Wildman–Crippen LogP) is 1.03. The van der Waals surface area contributed by atoms with Crippen molar-refractivity contribution in [1.82, 2.24) is 15.5 Å². The van der Waals surface area contributed by atoms with Gasteiger partial charge in [0.25, 0.3) is 0 Å². The van der Waals surface area contributed by atoms with Gasteiger partial charge in [0.05, 0.1) is 24.1 Å². The van der Waals surface area contributed by atoms with Crippen LogP contribution in [0.2, 0.25) is 0 Å². The van der Waals surface area contributed by atoms with Crippen LogP contribution in [0.15, 0.2) is 35.3 Å². The highest BCUT2D eigenvalue weighted by atomic mass is 32.2. The maximum Gasteiger partial charge on any atom is 0.191 e. The van der Waals surface area contributed by atoms with Crippen LogP contribution in [0.3, 0.4) is 0 Å². The van der Waals surface area contributed by atoms with E-state index < -0.39 is 9.84 Å². The van der Waals surface area contributed by atoms with E-state index in [-0.39, 0.29) is 17.5 Å². The van der Waals surface area contributed by atoms with Crippen molar-refractivity contribution in [3.8, 4) is 0 Å². The third-order valence-electron chi connectivity index (χ3n) is 4.12. The van der Waals surface area contributed by atoms with Crippen molar-refractivity contribution in [2.24, 2.45) is 4.99 Å². The first kappa shape index (κ1) is 18.7. The van der Waals surface area contributed by atoms with Crippen LogP contribution in [-0.2, 0) is 9.84 Å². The molecule has 1 aromatic carbocycles. The van der Waals surface area contributed by atoms with Gasteiger partial charge in [-0.05, 0) is 19.4 Å². The summed E-state index contributed by atoms with van der Waals surface area (Å²) in [6.45, 7) is 7.61. The number of hydrogen-bond donors (Lipinski definition) is 2. The van der Waals surface area contributed by atoms with Crippen molar-refractivity contribution in [1.29, 1.82) is 0 Å². The van der Waals surface area contributed by atoms with E-state index in [1.165, 1.54) is 5.56 Å². The molecule has 0 aromatic heterocycles. The molecule has 7 heteroatoms. The molecule has 1 fully saturated rings. The quantitative estimate of drug-likeness (QED) is 0.591. The van der Waals surface area contributed by atoms with Crippen LogP contribution in [0.25, 0.3) is 0 Å². The van der Waals surface area contributed by atoms with Gasteiger partial charge in [-0.3, -0.25) is 9.89 Å². The topological polar surface area (TPSA) is 73.8 Å². The van der Waals surface area contributed by atoms with Gasteiger partial charge in [-0.15, -0.1) is 0 Å². The minimum absolute atomic E-state index is 0.170. The molecule has 6 nitrogen and oxygen atoms in total. The smallest absolute Gasteiger partial charge is 0.191 e. The van der Waals surface area contributed by atoms with E-state index in [0.717, 1.165) is 19.0 Å². The van der Waals surface area contributed by atoms with Crippen LogP contribution < -0.4 is 10.6 Å². The molecule has 0 amide bonds. The van der Waals surface area contributed by atoms with Crippen LogP contribution in [-0.4, -0.2) is 63.5 Å². The summed E-state index contributed by atoms with van der Waals surface area (Å²) in [5, 5.41) is 6.67. The molecule has 0 saturated carbocycles. The Labute approximate surface area is 145 Å². The summed E-state index contributed by atoms with van der Waals surface area (Å²) in [6.07, 6.45) is 0. The number of benzene rings is 1. The fourth-order valence-electron chi connectivity index (χ4n) is 2.63. The van der Waals surface area contributed by atoms with Crippen LogP contribution in [0.1, 0.15) is 25.5 Å². The van der Waals surface area contributed by atoms with E-state index >= 15 is 0 Å². The van der Waals surface area contributed by atoms with Crippen LogP contribution >= 0.6 is 0 Å². The molecule has 134 valence electrons. The lowest BCUT2D eigenvalue weighted by Crippen LogP contribution is -2.42. The molecule has 1 unspecified atom stereocenters. The first-order valence-electron chi connectivity index (χ1n) is 8.53. The van der Waals surface area contributed by atoms with Gasteiger partial charge >= 0.3 is 0 Å². The van der Waals surface area contributed by atoms with E-state index in [2.05, 4.69) is 39.6 Å². The number of guanidine groups is 1. The molecule has 2 N–H and O–H groups in total. The van der Waals surface area contributed by atoms with Crippen LogP contribution in [0.4, 0.5) is 0 Å². The molecular weight excluding hydrogens is 324 g/mol. The van der Waals surface area contributed by atoms with Crippen molar-refractivity contribution in [3.63, 3.8) is 0 Å². The van der Waals surface area contributed by atoms with Crippen LogP contribution in [0.5, 0.6) is 0 Å². The van der Waals surface area contributed by atoms with Crippen molar-refractivity contribution >= 4 is 15.8 Å². The van der Waals surface area contributed by atoms with Crippen molar-refractivity contribution in [2.45, 2.75) is 19.9 Å². The van der Waals surface area contributed by atoms with Gasteiger partial charge in [-0.1, -0.05) is 30.3 Å². The van der Waals surface area contributed by atoms with E-state index in [1.807, 2.05) is 25.1 Å². The monoisotopic (exact) mass is 352 g/mol. The highest BCUT2D eigenvalue weighted by Crippen LogP contribution is 2.10. The van der Waals surface area contributed by atoms with Crippen molar-refractivity contribution < 1.29 is 8.42 Å². The summed E-state index contributed by atoms with van der Waals surface area (Å²) in [7, 11) is -2.81. The first-order chi connectivity index (χ1) is 11.5. The minimum Gasteiger partial charge on any atom is -0.357 e. The van der Waals surface area contributed by atoms with Gasteiger partial charge < -0.3 is 10.6 Å². The Balaban J connectivity index is 1.84. The van der Waals surface area contributed by atoms with E-state index in [1.54, 1.807) is 0 Å². The van der Waals surface area contributed by atoms with Gasteiger partial charge in [0.2, 0.25) is 0 Å². The zero-order chi connectivity index (χ0) is 17.4. The average molecular weight is 353 g/mol. The molecule has 0 aliphatic carbocycles. The zero-order valence-electron chi connectivity index (χ0n) is 14.5. The second-order valence-electron chi connectivity index (χ2n) is 6.03. The number of aliphatic imine (C=N–C) groups is 1. The fraction of sp³-hybridized carbons (Fsp3) is 0.588. The predicted molar refractivity (Wildman–Crippen MR) is 99.1 cm³/mol. The molecule has 1 saturated heterocycles. The second-order valence-corrected chi connectivity index (χ2v) is 8.33. The number of nitrogens with one attached hydrogen (secondary N) is 2. The van der Waals surface area contributed by atoms with Crippen molar-refractivity contribution in [2.75, 3.05) is 44.2 Å². The van der Waals surface area contributed by atoms with Gasteiger partial charge in [-0.2, -0.15) is 0 Å². The molecule has 1 aromatic rings. The Bertz CT molecular complexity index is 617. The Morgan fingerprint density at radius 1 is 1.25 bits per heavy atom. The first-order valence-corrected chi connectivity index (χ1v) is 10.3. The van der Waals surface area contributed by atoms with Gasteiger partial charge in [0.1, 0.15) is 0 Å². The maximum absolute atomic E-state index is 11.4. The largest absolute Gasteiger partial charge is 0.357 e. The molecule has 1 aliphatic heterocycles. The average Bonchev–Trinajstić information content (AvgIpc) is 2.57. The Morgan fingerprint density at radius 2 is 1.92 bits per heavy atom. The summed E-state index contributed by atoms with van der Waals surface area (Å²) < 4.78 is 22.9. The van der Waals surface area contributed by atoms with Gasteiger partial charge in [-0.25, -0.2) is 8.42 Å².